The van der Waals surface area contributed by atoms with Crippen LogP contribution in [0.4, 0.5) is 13.2 Å². The third kappa shape index (κ3) is 5.16. The maximum absolute atomic E-state index is 13.0. The lowest BCUT2D eigenvalue weighted by molar-refractivity contribution is -0.137. The molecule has 2 N–H and O–H groups in total. The molecule has 2 aromatic rings. The SMILES string of the molecule is CC(c1cccc(C(F)(F)F)c1)N(C(=O)Cc1ccc(S(N)(=O)=O)cc1)C1CC1. The zero-order chi connectivity index (χ0) is 21.4. The molecule has 156 valence electrons. The number of nitrogens with two attached hydrogens (primary N) is 1. The monoisotopic (exact) mass is 426 g/mol. The largest absolute Gasteiger partial charge is 0.416 e. The lowest BCUT2D eigenvalue weighted by Crippen LogP contribution is -2.36. The molecule has 2 aromatic carbocycles. The number of carbonyl (C=O) groups excluding carboxylic acids is 1. The molecule has 1 amide bonds. The molecule has 0 radical (unpaired) electrons. The van der Waals surface area contributed by atoms with Crippen molar-refractivity contribution in [3.63, 3.8) is 0 Å². The average molecular weight is 426 g/mol. The van der Waals surface area contributed by atoms with Crippen LogP contribution in [-0.4, -0.2) is 25.3 Å². The summed E-state index contributed by atoms with van der Waals surface area (Å²) in [6.45, 7) is 1.72. The molecule has 1 saturated carbocycles. The first kappa shape index (κ1) is 21.3. The van der Waals surface area contributed by atoms with Gasteiger partial charge >= 0.3 is 6.18 Å². The molecule has 29 heavy (non-hydrogen) atoms. The van der Waals surface area contributed by atoms with Gasteiger partial charge in [0.15, 0.2) is 0 Å². The third-order valence-electron chi connectivity index (χ3n) is 4.95. The van der Waals surface area contributed by atoms with E-state index in [-0.39, 0.29) is 23.3 Å². The van der Waals surface area contributed by atoms with E-state index in [0.717, 1.165) is 25.0 Å². The molecule has 5 nitrogen and oxygen atoms in total. The van der Waals surface area contributed by atoms with Crippen LogP contribution in [-0.2, 0) is 27.4 Å². The van der Waals surface area contributed by atoms with Gasteiger partial charge in [0.2, 0.25) is 15.9 Å². The van der Waals surface area contributed by atoms with Gasteiger partial charge in [-0.05, 0) is 55.2 Å². The van der Waals surface area contributed by atoms with Gasteiger partial charge in [0, 0.05) is 6.04 Å². The van der Waals surface area contributed by atoms with Crippen LogP contribution in [0.2, 0.25) is 0 Å². The normalized spacial score (nSPS) is 15.8. The van der Waals surface area contributed by atoms with Crippen molar-refractivity contribution in [2.24, 2.45) is 5.14 Å². The Kier molecular flexibility index (Phi) is 5.73. The standard InChI is InChI=1S/C20H21F3N2O3S/c1-13(15-3-2-4-16(12-15)20(21,22)23)25(17-7-8-17)19(26)11-14-5-9-18(10-6-14)29(24,27)28/h2-6,9-10,12-13,17H,7-8,11H2,1H3,(H2,24,27,28). The van der Waals surface area contributed by atoms with Crippen molar-refractivity contribution in [3.05, 3.63) is 65.2 Å². The first-order valence-corrected chi connectivity index (χ1v) is 10.6. The summed E-state index contributed by atoms with van der Waals surface area (Å²) in [5.74, 6) is -0.222. The second-order valence-electron chi connectivity index (χ2n) is 7.20. The van der Waals surface area contributed by atoms with Crippen molar-refractivity contribution in [2.45, 2.75) is 49.3 Å². The van der Waals surface area contributed by atoms with Gasteiger partial charge in [-0.2, -0.15) is 13.2 Å². The minimum atomic E-state index is -4.45. The van der Waals surface area contributed by atoms with E-state index in [9.17, 15) is 26.4 Å². The Labute approximate surface area is 167 Å². The van der Waals surface area contributed by atoms with E-state index >= 15 is 0 Å². The summed E-state index contributed by atoms with van der Waals surface area (Å²) in [6.07, 6.45) is -2.82. The summed E-state index contributed by atoms with van der Waals surface area (Å²) in [5.41, 5.74) is 0.276. The molecular weight excluding hydrogens is 405 g/mol. The third-order valence-corrected chi connectivity index (χ3v) is 5.88. The number of primary sulfonamides is 1. The van der Waals surface area contributed by atoms with Crippen molar-refractivity contribution in [2.75, 3.05) is 0 Å². The first-order chi connectivity index (χ1) is 13.5. The second kappa shape index (κ2) is 7.79. The minimum absolute atomic E-state index is 0.00395. The van der Waals surface area contributed by atoms with Crippen LogP contribution in [0.3, 0.4) is 0 Å². The first-order valence-electron chi connectivity index (χ1n) is 9.07. The van der Waals surface area contributed by atoms with E-state index in [1.165, 1.54) is 30.3 Å². The zero-order valence-electron chi connectivity index (χ0n) is 15.7. The number of alkyl halides is 3. The molecule has 0 aromatic heterocycles. The van der Waals surface area contributed by atoms with Crippen molar-refractivity contribution in [3.8, 4) is 0 Å². The van der Waals surface area contributed by atoms with Gasteiger partial charge in [-0.15, -0.1) is 0 Å². The average Bonchev–Trinajstić information content (AvgIpc) is 3.46. The number of amides is 1. The van der Waals surface area contributed by atoms with E-state index in [1.54, 1.807) is 17.9 Å². The highest BCUT2D eigenvalue weighted by atomic mass is 32.2. The van der Waals surface area contributed by atoms with E-state index in [1.807, 2.05) is 0 Å². The van der Waals surface area contributed by atoms with Gasteiger partial charge in [-0.3, -0.25) is 4.79 Å². The van der Waals surface area contributed by atoms with Crippen LogP contribution in [0.1, 0.15) is 42.5 Å². The van der Waals surface area contributed by atoms with E-state index in [2.05, 4.69) is 0 Å². The van der Waals surface area contributed by atoms with Crippen LogP contribution in [0, 0.1) is 0 Å². The summed E-state index contributed by atoms with van der Waals surface area (Å²) in [5, 5.41) is 5.07. The minimum Gasteiger partial charge on any atom is -0.333 e. The molecule has 0 aliphatic heterocycles. The van der Waals surface area contributed by atoms with Gasteiger partial charge in [0.25, 0.3) is 0 Å². The maximum atomic E-state index is 13.0. The number of carbonyl (C=O) groups is 1. The lowest BCUT2D eigenvalue weighted by atomic mass is 10.0. The number of hydrogen-bond donors (Lipinski definition) is 1. The van der Waals surface area contributed by atoms with Crippen LogP contribution < -0.4 is 5.14 Å². The topological polar surface area (TPSA) is 80.5 Å². The fourth-order valence-electron chi connectivity index (χ4n) is 3.29. The van der Waals surface area contributed by atoms with Crippen molar-refractivity contribution < 1.29 is 26.4 Å². The van der Waals surface area contributed by atoms with Crippen LogP contribution in [0.15, 0.2) is 53.4 Å². The second-order valence-corrected chi connectivity index (χ2v) is 8.76. The summed E-state index contributed by atoms with van der Waals surface area (Å²) in [7, 11) is -3.82. The highest BCUT2D eigenvalue weighted by molar-refractivity contribution is 7.89. The molecule has 1 fully saturated rings. The molecule has 0 bridgehead atoms. The van der Waals surface area contributed by atoms with Crippen LogP contribution in [0.5, 0.6) is 0 Å². The molecule has 0 spiro atoms. The molecular formula is C20H21F3N2O3S. The van der Waals surface area contributed by atoms with E-state index < -0.39 is 27.8 Å². The predicted molar refractivity (Wildman–Crippen MR) is 101 cm³/mol. The number of nitrogens with zero attached hydrogens (tertiary/aromatic N) is 1. The quantitative estimate of drug-likeness (QED) is 0.766. The summed E-state index contributed by atoms with van der Waals surface area (Å²) >= 11 is 0. The number of halogens is 3. The molecule has 1 aliphatic carbocycles. The highest BCUT2D eigenvalue weighted by Gasteiger charge is 2.37. The van der Waals surface area contributed by atoms with Gasteiger partial charge in [-0.1, -0.05) is 24.3 Å². The fourth-order valence-corrected chi connectivity index (χ4v) is 3.80. The fraction of sp³-hybridized carbons (Fsp3) is 0.350. The Morgan fingerprint density at radius 2 is 1.79 bits per heavy atom. The summed E-state index contributed by atoms with van der Waals surface area (Å²) in [4.78, 5) is 14.5. The highest BCUT2D eigenvalue weighted by Crippen LogP contribution is 2.37. The van der Waals surface area contributed by atoms with Crippen molar-refractivity contribution >= 4 is 15.9 Å². The van der Waals surface area contributed by atoms with Crippen molar-refractivity contribution in [1.29, 1.82) is 0 Å². The number of hydrogen-bond acceptors (Lipinski definition) is 3. The Morgan fingerprint density at radius 1 is 1.17 bits per heavy atom. The molecule has 1 unspecified atom stereocenters. The summed E-state index contributed by atoms with van der Waals surface area (Å²) in [6, 6.07) is 10.2. The molecule has 3 rings (SSSR count). The van der Waals surface area contributed by atoms with Crippen LogP contribution in [0.25, 0.3) is 0 Å². The lowest BCUT2D eigenvalue weighted by Gasteiger charge is -2.30. The smallest absolute Gasteiger partial charge is 0.333 e. The maximum Gasteiger partial charge on any atom is 0.416 e. The number of sulfonamides is 1. The van der Waals surface area contributed by atoms with Gasteiger partial charge in [0.1, 0.15) is 0 Å². The van der Waals surface area contributed by atoms with Crippen LogP contribution >= 0.6 is 0 Å². The molecule has 1 atom stereocenters. The van der Waals surface area contributed by atoms with Crippen molar-refractivity contribution in [1.82, 2.24) is 4.90 Å². The van der Waals surface area contributed by atoms with E-state index in [0.29, 0.717) is 11.1 Å². The number of benzene rings is 2. The Bertz CT molecular complexity index is 1000. The predicted octanol–water partition coefficient (Wildman–Crippen LogP) is 3.65. The Balaban J connectivity index is 1.80. The Morgan fingerprint density at radius 3 is 2.31 bits per heavy atom. The molecule has 9 heteroatoms. The zero-order valence-corrected chi connectivity index (χ0v) is 16.5. The molecule has 0 heterocycles. The summed E-state index contributed by atoms with van der Waals surface area (Å²) < 4.78 is 61.8. The van der Waals surface area contributed by atoms with E-state index in [4.69, 9.17) is 5.14 Å². The van der Waals surface area contributed by atoms with Gasteiger partial charge in [0.05, 0.1) is 22.9 Å². The molecule has 0 saturated heterocycles. The van der Waals surface area contributed by atoms with Gasteiger partial charge in [-0.25, -0.2) is 13.6 Å². The molecule has 1 aliphatic rings. The number of rotatable bonds is 6. The Hall–Kier alpha value is -2.39. The van der Waals surface area contributed by atoms with Gasteiger partial charge < -0.3 is 4.90 Å².